The van der Waals surface area contributed by atoms with Crippen molar-refractivity contribution in [3.05, 3.63) is 114 Å². The van der Waals surface area contributed by atoms with Crippen LogP contribution in [0.1, 0.15) is 15.9 Å². The summed E-state index contributed by atoms with van der Waals surface area (Å²) in [5.74, 6) is -0.476. The summed E-state index contributed by atoms with van der Waals surface area (Å²) in [6.07, 6.45) is 0. The molecule has 0 aliphatic heterocycles. The van der Waals surface area contributed by atoms with Crippen molar-refractivity contribution in [2.75, 3.05) is 0 Å². The lowest BCUT2D eigenvalue weighted by atomic mass is 9.96. The lowest BCUT2D eigenvalue weighted by Gasteiger charge is -2.09. The van der Waals surface area contributed by atoms with Crippen LogP contribution >= 0.6 is 0 Å². The van der Waals surface area contributed by atoms with E-state index in [1.807, 2.05) is 54.6 Å². The Kier molecular flexibility index (Phi) is 4.14. The van der Waals surface area contributed by atoms with Gasteiger partial charge in [-0.1, -0.05) is 54.6 Å². The number of rotatable bonds is 3. The van der Waals surface area contributed by atoms with Crippen molar-refractivity contribution in [2.45, 2.75) is 0 Å². The van der Waals surface area contributed by atoms with Crippen LogP contribution in [0.25, 0.3) is 32.9 Å². The summed E-state index contributed by atoms with van der Waals surface area (Å²) in [6.45, 7) is 0. The summed E-state index contributed by atoms with van der Waals surface area (Å²) in [6, 6.07) is 29.4. The SMILES string of the molecule is O=C(c1ccc(F)cc1)c1ccc(-c2cccc3nc4ccccc4cc23)cc1. The predicted octanol–water partition coefficient (Wildman–Crippen LogP) is 6.43. The zero-order valence-corrected chi connectivity index (χ0v) is 15.5. The van der Waals surface area contributed by atoms with Crippen LogP contribution in [0, 0.1) is 5.82 Å². The van der Waals surface area contributed by atoms with Crippen LogP contribution in [0.4, 0.5) is 4.39 Å². The summed E-state index contributed by atoms with van der Waals surface area (Å²) in [4.78, 5) is 17.4. The van der Waals surface area contributed by atoms with Crippen LogP contribution in [-0.4, -0.2) is 10.8 Å². The van der Waals surface area contributed by atoms with Crippen molar-refractivity contribution in [3.8, 4) is 11.1 Å². The van der Waals surface area contributed by atoms with E-state index in [4.69, 9.17) is 4.98 Å². The number of carbonyl (C=O) groups is 1. The number of benzene rings is 4. The molecule has 1 aromatic heterocycles. The second-order valence-corrected chi connectivity index (χ2v) is 6.97. The topological polar surface area (TPSA) is 30.0 Å². The number of hydrogen-bond donors (Lipinski definition) is 0. The minimum atomic E-state index is -0.353. The number of aromatic nitrogens is 1. The molecule has 0 N–H and O–H groups in total. The van der Waals surface area contributed by atoms with Gasteiger partial charge in [-0.2, -0.15) is 0 Å². The van der Waals surface area contributed by atoms with Gasteiger partial charge in [-0.05, 0) is 53.6 Å². The first-order chi connectivity index (χ1) is 14.2. The first-order valence-electron chi connectivity index (χ1n) is 9.38. The number of halogens is 1. The molecule has 1 heterocycles. The fourth-order valence-corrected chi connectivity index (χ4v) is 3.62. The van der Waals surface area contributed by atoms with Crippen molar-refractivity contribution in [2.24, 2.45) is 0 Å². The van der Waals surface area contributed by atoms with Crippen LogP contribution in [0.5, 0.6) is 0 Å². The van der Waals surface area contributed by atoms with E-state index < -0.39 is 0 Å². The van der Waals surface area contributed by atoms with E-state index in [1.165, 1.54) is 24.3 Å². The number of fused-ring (bicyclic) bond motifs is 2. The van der Waals surface area contributed by atoms with Crippen LogP contribution in [0.3, 0.4) is 0 Å². The number of para-hydroxylation sites is 1. The predicted molar refractivity (Wildman–Crippen MR) is 115 cm³/mol. The summed E-state index contributed by atoms with van der Waals surface area (Å²) >= 11 is 0. The minimum Gasteiger partial charge on any atom is -0.289 e. The van der Waals surface area contributed by atoms with Crippen molar-refractivity contribution in [3.63, 3.8) is 0 Å². The lowest BCUT2D eigenvalue weighted by Crippen LogP contribution is -2.01. The largest absolute Gasteiger partial charge is 0.289 e. The molecule has 0 bridgehead atoms. The van der Waals surface area contributed by atoms with Gasteiger partial charge in [-0.25, -0.2) is 9.37 Å². The molecule has 0 saturated carbocycles. The molecule has 0 spiro atoms. The molecule has 0 saturated heterocycles. The molecule has 0 aliphatic carbocycles. The van der Waals surface area contributed by atoms with Crippen molar-refractivity contribution in [1.29, 1.82) is 0 Å². The van der Waals surface area contributed by atoms with Gasteiger partial charge in [0.2, 0.25) is 0 Å². The Balaban J connectivity index is 1.56. The van der Waals surface area contributed by atoms with E-state index in [-0.39, 0.29) is 11.6 Å². The number of ketones is 1. The van der Waals surface area contributed by atoms with Crippen LogP contribution in [0.15, 0.2) is 97.1 Å². The molecule has 0 radical (unpaired) electrons. The smallest absolute Gasteiger partial charge is 0.193 e. The average Bonchev–Trinajstić information content (AvgIpc) is 2.77. The van der Waals surface area contributed by atoms with Crippen LogP contribution < -0.4 is 0 Å². The quantitative estimate of drug-likeness (QED) is 0.268. The summed E-state index contributed by atoms with van der Waals surface area (Å²) in [5.41, 5.74) is 5.04. The van der Waals surface area contributed by atoms with Gasteiger partial charge in [0.25, 0.3) is 0 Å². The van der Waals surface area contributed by atoms with Crippen molar-refractivity contribution < 1.29 is 9.18 Å². The monoisotopic (exact) mass is 377 g/mol. The van der Waals surface area contributed by atoms with Gasteiger partial charge in [0.05, 0.1) is 11.0 Å². The number of pyridine rings is 1. The normalized spacial score (nSPS) is 11.1. The van der Waals surface area contributed by atoms with Gasteiger partial charge in [-0.3, -0.25) is 4.79 Å². The highest BCUT2D eigenvalue weighted by atomic mass is 19.1. The maximum atomic E-state index is 13.1. The van der Waals surface area contributed by atoms with Gasteiger partial charge in [-0.15, -0.1) is 0 Å². The first kappa shape index (κ1) is 17.3. The van der Waals surface area contributed by atoms with E-state index in [1.54, 1.807) is 0 Å². The number of carbonyl (C=O) groups excluding carboxylic acids is 1. The zero-order chi connectivity index (χ0) is 19.8. The standard InChI is InChI=1S/C26H16FNO/c27-21-14-12-19(13-15-21)26(29)18-10-8-17(9-11-18)22-5-3-7-25-23(22)16-20-4-1-2-6-24(20)28-25/h1-16H. The third-order valence-corrected chi connectivity index (χ3v) is 5.13. The molecule has 138 valence electrons. The van der Waals surface area contributed by atoms with Crippen molar-refractivity contribution >= 4 is 27.6 Å². The number of nitrogens with zero attached hydrogens (tertiary/aromatic N) is 1. The van der Waals surface area contributed by atoms with Gasteiger partial charge in [0.15, 0.2) is 5.78 Å². The average molecular weight is 377 g/mol. The maximum absolute atomic E-state index is 13.1. The third-order valence-electron chi connectivity index (χ3n) is 5.13. The Bertz CT molecular complexity index is 1360. The Morgan fingerprint density at radius 3 is 2.10 bits per heavy atom. The second-order valence-electron chi connectivity index (χ2n) is 6.97. The highest BCUT2D eigenvalue weighted by Crippen LogP contribution is 2.30. The zero-order valence-electron chi connectivity index (χ0n) is 15.5. The second kappa shape index (κ2) is 6.95. The van der Waals surface area contributed by atoms with Gasteiger partial charge >= 0.3 is 0 Å². The fraction of sp³-hybridized carbons (Fsp3) is 0. The number of hydrogen-bond acceptors (Lipinski definition) is 2. The molecular weight excluding hydrogens is 361 g/mol. The Morgan fingerprint density at radius 1 is 0.690 bits per heavy atom. The van der Waals surface area contributed by atoms with Crippen LogP contribution in [0.2, 0.25) is 0 Å². The highest BCUT2D eigenvalue weighted by Gasteiger charge is 2.11. The molecule has 5 rings (SSSR count). The summed E-state index contributed by atoms with van der Waals surface area (Å²) in [5, 5.41) is 2.17. The van der Waals surface area contributed by atoms with Gasteiger partial charge < -0.3 is 0 Å². The van der Waals surface area contributed by atoms with E-state index in [2.05, 4.69) is 18.2 Å². The van der Waals surface area contributed by atoms with Crippen molar-refractivity contribution in [1.82, 2.24) is 4.98 Å². The molecular formula is C26H16FNO. The molecule has 3 heteroatoms. The third kappa shape index (κ3) is 3.17. The molecule has 0 amide bonds. The fourth-order valence-electron chi connectivity index (χ4n) is 3.62. The van der Waals surface area contributed by atoms with E-state index in [9.17, 15) is 9.18 Å². The van der Waals surface area contributed by atoms with E-state index in [0.29, 0.717) is 11.1 Å². The van der Waals surface area contributed by atoms with Gasteiger partial charge in [0.1, 0.15) is 5.82 Å². The Morgan fingerprint density at radius 2 is 1.34 bits per heavy atom. The van der Waals surface area contributed by atoms with E-state index >= 15 is 0 Å². The van der Waals surface area contributed by atoms with Crippen LogP contribution in [-0.2, 0) is 0 Å². The molecule has 4 aromatic carbocycles. The maximum Gasteiger partial charge on any atom is 0.193 e. The molecule has 29 heavy (non-hydrogen) atoms. The molecule has 2 nitrogen and oxygen atoms in total. The molecule has 0 unspecified atom stereocenters. The molecule has 0 aliphatic rings. The van der Waals surface area contributed by atoms with E-state index in [0.717, 1.165) is 32.9 Å². The first-order valence-corrected chi connectivity index (χ1v) is 9.38. The Hall–Kier alpha value is -3.85. The van der Waals surface area contributed by atoms with Gasteiger partial charge in [0, 0.05) is 21.9 Å². The molecule has 0 atom stereocenters. The lowest BCUT2D eigenvalue weighted by molar-refractivity contribution is 0.103. The summed E-state index contributed by atoms with van der Waals surface area (Å²) in [7, 11) is 0. The Labute approximate surface area is 167 Å². The minimum absolute atomic E-state index is 0.123. The summed E-state index contributed by atoms with van der Waals surface area (Å²) < 4.78 is 13.1. The molecule has 5 aromatic rings. The molecule has 0 fully saturated rings. The highest BCUT2D eigenvalue weighted by molar-refractivity contribution is 6.09.